The van der Waals surface area contributed by atoms with Crippen molar-refractivity contribution in [3.05, 3.63) is 59.7 Å². The van der Waals surface area contributed by atoms with E-state index in [1.54, 1.807) is 12.1 Å². The minimum atomic E-state index is -0.366. The maximum absolute atomic E-state index is 12.3. The highest BCUT2D eigenvalue weighted by Crippen LogP contribution is 2.21. The molecule has 0 aliphatic carbocycles. The fourth-order valence-electron chi connectivity index (χ4n) is 2.71. The second-order valence-corrected chi connectivity index (χ2v) is 5.94. The summed E-state index contributed by atoms with van der Waals surface area (Å²) in [6.45, 7) is 1.71. The molecule has 0 aliphatic heterocycles. The standard InChI is InChI=1S/C19H17FN4O2/c1-12-21-16-7-4-14(10-17(16)22-12)19-23-18(26-24-19)11-25-15-5-2-13(3-6-15)8-9-20/h2-7,10H,8-9,11H2,1H3,(H,21,22). The predicted octanol–water partition coefficient (Wildman–Crippen LogP) is 4.01. The number of benzene rings is 2. The van der Waals surface area contributed by atoms with Crippen molar-refractivity contribution in [2.24, 2.45) is 0 Å². The van der Waals surface area contributed by atoms with Crippen LogP contribution < -0.4 is 4.74 Å². The number of ether oxygens (including phenoxy) is 1. The van der Waals surface area contributed by atoms with Gasteiger partial charge in [-0.1, -0.05) is 17.3 Å². The number of aryl methyl sites for hydroxylation is 2. The number of rotatable bonds is 6. The van der Waals surface area contributed by atoms with Gasteiger partial charge in [0.1, 0.15) is 11.6 Å². The van der Waals surface area contributed by atoms with Crippen LogP contribution in [0, 0.1) is 6.92 Å². The first-order valence-corrected chi connectivity index (χ1v) is 8.28. The van der Waals surface area contributed by atoms with Gasteiger partial charge in [-0.25, -0.2) is 4.98 Å². The number of hydrogen-bond acceptors (Lipinski definition) is 5. The lowest BCUT2D eigenvalue weighted by Gasteiger charge is -2.04. The van der Waals surface area contributed by atoms with Gasteiger partial charge in [-0.3, -0.25) is 4.39 Å². The Hall–Kier alpha value is -3.22. The number of nitrogens with one attached hydrogen (secondary N) is 1. The average Bonchev–Trinajstić information content (AvgIpc) is 3.26. The van der Waals surface area contributed by atoms with Crippen molar-refractivity contribution >= 4 is 11.0 Å². The van der Waals surface area contributed by atoms with Gasteiger partial charge < -0.3 is 14.2 Å². The Morgan fingerprint density at radius 2 is 1.96 bits per heavy atom. The topological polar surface area (TPSA) is 76.8 Å². The first-order valence-electron chi connectivity index (χ1n) is 8.28. The Morgan fingerprint density at radius 1 is 1.12 bits per heavy atom. The van der Waals surface area contributed by atoms with Gasteiger partial charge in [-0.2, -0.15) is 4.98 Å². The Kier molecular flexibility index (Phi) is 4.35. The van der Waals surface area contributed by atoms with Crippen molar-refractivity contribution in [3.63, 3.8) is 0 Å². The van der Waals surface area contributed by atoms with E-state index in [4.69, 9.17) is 9.26 Å². The van der Waals surface area contributed by atoms with Crippen LogP contribution in [0.3, 0.4) is 0 Å². The second kappa shape index (κ2) is 6.95. The van der Waals surface area contributed by atoms with Crippen molar-refractivity contribution in [2.45, 2.75) is 20.0 Å². The first-order chi connectivity index (χ1) is 12.7. The molecule has 0 fully saturated rings. The van der Waals surface area contributed by atoms with Crippen LogP contribution in [0.1, 0.15) is 17.3 Å². The molecule has 4 aromatic rings. The van der Waals surface area contributed by atoms with Crippen molar-refractivity contribution in [1.29, 1.82) is 0 Å². The van der Waals surface area contributed by atoms with E-state index in [1.807, 2.05) is 37.3 Å². The number of hydrogen-bond donors (Lipinski definition) is 1. The highest BCUT2D eigenvalue weighted by molar-refractivity contribution is 5.80. The molecule has 0 amide bonds. The van der Waals surface area contributed by atoms with Gasteiger partial charge in [-0.15, -0.1) is 0 Å². The third-order valence-corrected chi connectivity index (χ3v) is 4.00. The number of imidazole rings is 1. The van der Waals surface area contributed by atoms with Crippen LogP contribution in [0.4, 0.5) is 4.39 Å². The lowest BCUT2D eigenvalue weighted by molar-refractivity contribution is 0.243. The van der Waals surface area contributed by atoms with Crippen LogP contribution in [0.5, 0.6) is 5.75 Å². The van der Waals surface area contributed by atoms with Crippen molar-refractivity contribution < 1.29 is 13.7 Å². The third-order valence-electron chi connectivity index (χ3n) is 4.00. The summed E-state index contributed by atoms with van der Waals surface area (Å²) in [5.74, 6) is 2.41. The van der Waals surface area contributed by atoms with E-state index in [0.717, 1.165) is 28.0 Å². The van der Waals surface area contributed by atoms with Crippen molar-refractivity contribution in [1.82, 2.24) is 20.1 Å². The molecule has 0 atom stereocenters. The molecule has 0 spiro atoms. The number of aromatic nitrogens is 4. The highest BCUT2D eigenvalue weighted by Gasteiger charge is 2.11. The molecule has 6 nitrogen and oxygen atoms in total. The van der Waals surface area contributed by atoms with E-state index in [-0.39, 0.29) is 13.3 Å². The quantitative estimate of drug-likeness (QED) is 0.567. The van der Waals surface area contributed by atoms with Gasteiger partial charge in [-0.05, 0) is 42.8 Å². The van der Waals surface area contributed by atoms with Crippen LogP contribution in [0.25, 0.3) is 22.4 Å². The molecule has 0 bridgehead atoms. The molecular formula is C19H17FN4O2. The number of fused-ring (bicyclic) bond motifs is 1. The number of aromatic amines is 1. The zero-order chi connectivity index (χ0) is 17.9. The molecule has 132 valence electrons. The van der Waals surface area contributed by atoms with Crippen LogP contribution in [0.2, 0.25) is 0 Å². The van der Waals surface area contributed by atoms with E-state index in [2.05, 4.69) is 20.1 Å². The molecule has 0 aliphatic rings. The number of halogens is 1. The number of nitrogens with zero attached hydrogens (tertiary/aromatic N) is 3. The average molecular weight is 352 g/mol. The van der Waals surface area contributed by atoms with Gasteiger partial charge in [0.2, 0.25) is 5.82 Å². The first kappa shape index (κ1) is 16.3. The third kappa shape index (κ3) is 3.42. The number of H-pyrrole nitrogens is 1. The Morgan fingerprint density at radius 3 is 2.77 bits per heavy atom. The zero-order valence-corrected chi connectivity index (χ0v) is 14.2. The highest BCUT2D eigenvalue weighted by atomic mass is 19.1. The molecule has 4 rings (SSSR count). The smallest absolute Gasteiger partial charge is 0.264 e. The van der Waals surface area contributed by atoms with Gasteiger partial charge in [0.25, 0.3) is 5.89 Å². The summed E-state index contributed by atoms with van der Waals surface area (Å²) in [6.07, 6.45) is 0.410. The van der Waals surface area contributed by atoms with Gasteiger partial charge in [0.15, 0.2) is 6.61 Å². The Balaban J connectivity index is 1.45. The Labute approximate surface area is 149 Å². The summed E-state index contributed by atoms with van der Waals surface area (Å²) < 4.78 is 23.2. The number of alkyl halides is 1. The molecule has 2 heterocycles. The van der Waals surface area contributed by atoms with Crippen LogP contribution >= 0.6 is 0 Å². The maximum Gasteiger partial charge on any atom is 0.264 e. The van der Waals surface area contributed by atoms with Gasteiger partial charge >= 0.3 is 0 Å². The molecule has 26 heavy (non-hydrogen) atoms. The fourth-order valence-corrected chi connectivity index (χ4v) is 2.71. The minimum absolute atomic E-state index is 0.168. The molecule has 2 aromatic heterocycles. The predicted molar refractivity (Wildman–Crippen MR) is 94.6 cm³/mol. The Bertz CT molecular complexity index is 1020. The summed E-state index contributed by atoms with van der Waals surface area (Å²) in [6, 6.07) is 13.1. The second-order valence-electron chi connectivity index (χ2n) is 5.94. The summed E-state index contributed by atoms with van der Waals surface area (Å²) in [5, 5.41) is 4.01. The molecule has 2 aromatic carbocycles. The molecule has 0 unspecified atom stereocenters. The zero-order valence-electron chi connectivity index (χ0n) is 14.2. The lowest BCUT2D eigenvalue weighted by Crippen LogP contribution is -1.96. The monoisotopic (exact) mass is 352 g/mol. The van der Waals surface area contributed by atoms with Crippen LogP contribution in [-0.2, 0) is 13.0 Å². The molecular weight excluding hydrogens is 335 g/mol. The molecule has 1 N–H and O–H groups in total. The maximum atomic E-state index is 12.3. The SMILES string of the molecule is Cc1nc2ccc(-c3noc(COc4ccc(CCF)cc4)n3)cc2[nH]1. The van der Waals surface area contributed by atoms with Crippen molar-refractivity contribution in [3.8, 4) is 17.1 Å². The summed E-state index contributed by atoms with van der Waals surface area (Å²) in [4.78, 5) is 11.9. The van der Waals surface area contributed by atoms with Gasteiger partial charge in [0.05, 0.1) is 17.7 Å². The normalized spacial score (nSPS) is 11.2. The fraction of sp³-hybridized carbons (Fsp3) is 0.211. The molecule has 0 saturated carbocycles. The van der Waals surface area contributed by atoms with E-state index in [1.165, 1.54) is 0 Å². The molecule has 0 saturated heterocycles. The largest absolute Gasteiger partial charge is 0.484 e. The van der Waals surface area contributed by atoms with Crippen molar-refractivity contribution in [2.75, 3.05) is 6.67 Å². The van der Waals surface area contributed by atoms with Crippen LogP contribution in [0.15, 0.2) is 47.0 Å². The summed E-state index contributed by atoms with van der Waals surface area (Å²) in [5.41, 5.74) is 3.60. The van der Waals surface area contributed by atoms with Gasteiger partial charge in [0, 0.05) is 12.0 Å². The molecule has 0 radical (unpaired) electrons. The van der Waals surface area contributed by atoms with E-state index in [9.17, 15) is 4.39 Å². The molecule has 7 heteroatoms. The van der Waals surface area contributed by atoms with Crippen LogP contribution in [-0.4, -0.2) is 26.8 Å². The van der Waals surface area contributed by atoms with E-state index in [0.29, 0.717) is 23.9 Å². The summed E-state index contributed by atoms with van der Waals surface area (Å²) >= 11 is 0. The van der Waals surface area contributed by atoms with E-state index < -0.39 is 0 Å². The minimum Gasteiger partial charge on any atom is -0.484 e. The summed E-state index contributed by atoms with van der Waals surface area (Å²) in [7, 11) is 0. The lowest BCUT2D eigenvalue weighted by atomic mass is 10.2. The van der Waals surface area contributed by atoms with E-state index >= 15 is 0 Å².